The van der Waals surface area contributed by atoms with Gasteiger partial charge >= 0.3 is 6.01 Å². The predicted molar refractivity (Wildman–Crippen MR) is 174 cm³/mol. The van der Waals surface area contributed by atoms with Gasteiger partial charge in [0.2, 0.25) is 0 Å². The Morgan fingerprint density at radius 2 is 1.82 bits per heavy atom. The molecule has 1 aromatic rings. The lowest BCUT2D eigenvalue weighted by Gasteiger charge is -2.31. The number of hydrogen-bond acceptors (Lipinski definition) is 6. The molecule has 2 unspecified atom stereocenters. The molecular weight excluding hydrogens is 564 g/mol. The third kappa shape index (κ3) is 9.14. The summed E-state index contributed by atoms with van der Waals surface area (Å²) in [6.45, 7) is 17.2. The molecule has 0 aromatic carbocycles. The number of allylic oxidation sites excluding steroid dienone is 3. The van der Waals surface area contributed by atoms with Crippen LogP contribution in [0.2, 0.25) is 0 Å². The molecule has 40 heavy (non-hydrogen) atoms. The second-order valence-corrected chi connectivity index (χ2v) is 12.7. The highest BCUT2D eigenvalue weighted by molar-refractivity contribution is 9.12. The Hall–Kier alpha value is -1.73. The Morgan fingerprint density at radius 1 is 1.07 bits per heavy atom. The van der Waals surface area contributed by atoms with Crippen LogP contribution >= 0.6 is 15.9 Å². The fraction of sp³-hybridized carbons (Fsp3) is 0.727. The van der Waals surface area contributed by atoms with Gasteiger partial charge in [-0.1, -0.05) is 78.7 Å². The van der Waals surface area contributed by atoms with Crippen molar-refractivity contribution in [3.63, 3.8) is 0 Å². The lowest BCUT2D eigenvalue weighted by atomic mass is 9.80. The molecule has 0 spiro atoms. The summed E-state index contributed by atoms with van der Waals surface area (Å²) >= 11 is 3.82. The van der Waals surface area contributed by atoms with E-state index in [1.807, 2.05) is 0 Å². The number of fused-ring (bicyclic) bond motifs is 1. The van der Waals surface area contributed by atoms with Crippen molar-refractivity contribution >= 4 is 39.1 Å². The van der Waals surface area contributed by atoms with E-state index < -0.39 is 0 Å². The summed E-state index contributed by atoms with van der Waals surface area (Å²) in [6, 6.07) is 0.704. The van der Waals surface area contributed by atoms with Crippen LogP contribution in [0, 0.1) is 5.41 Å². The molecule has 6 nitrogen and oxygen atoms in total. The highest BCUT2D eigenvalue weighted by Crippen LogP contribution is 2.40. The Bertz CT molecular complexity index is 1030. The van der Waals surface area contributed by atoms with Gasteiger partial charge in [-0.15, -0.1) is 0 Å². The summed E-state index contributed by atoms with van der Waals surface area (Å²) in [5.74, 6) is 0.932. The maximum Gasteiger partial charge on any atom is 0.318 e. The Labute approximate surface area is 252 Å². The van der Waals surface area contributed by atoms with Crippen LogP contribution in [0.4, 0.5) is 5.82 Å². The number of aromatic nitrogens is 2. The van der Waals surface area contributed by atoms with Gasteiger partial charge in [-0.25, -0.2) is 0 Å². The number of anilines is 1. The minimum absolute atomic E-state index is 0.124. The van der Waals surface area contributed by atoms with Crippen molar-refractivity contribution in [1.29, 1.82) is 0 Å². The zero-order valence-electron chi connectivity index (χ0n) is 26.0. The quantitative estimate of drug-likeness (QED) is 0.184. The first-order valence-corrected chi connectivity index (χ1v) is 16.6. The van der Waals surface area contributed by atoms with Gasteiger partial charge in [-0.3, -0.25) is 4.99 Å². The lowest BCUT2D eigenvalue weighted by Crippen LogP contribution is -2.30. The van der Waals surface area contributed by atoms with Gasteiger partial charge in [0.05, 0.1) is 30.2 Å². The first kappa shape index (κ1) is 32.8. The number of unbranched alkanes of at least 4 members (excludes halogenated alkanes) is 5. The zero-order valence-corrected chi connectivity index (χ0v) is 27.6. The molecule has 0 bridgehead atoms. The van der Waals surface area contributed by atoms with Gasteiger partial charge in [0.15, 0.2) is 0 Å². The van der Waals surface area contributed by atoms with Crippen molar-refractivity contribution in [3.05, 3.63) is 21.8 Å². The molecule has 3 rings (SSSR count). The smallest absolute Gasteiger partial charge is 0.318 e. The van der Waals surface area contributed by atoms with Crippen molar-refractivity contribution in [1.82, 2.24) is 9.97 Å². The van der Waals surface area contributed by atoms with Crippen LogP contribution in [-0.2, 0) is 4.74 Å². The molecule has 0 amide bonds. The first-order valence-electron chi connectivity index (χ1n) is 15.9. The highest BCUT2D eigenvalue weighted by Gasteiger charge is 2.31. The molecule has 0 saturated carbocycles. The topological polar surface area (TPSA) is 59.8 Å². The maximum atomic E-state index is 6.51. The molecule has 1 aliphatic heterocycles. The van der Waals surface area contributed by atoms with Crippen molar-refractivity contribution in [2.24, 2.45) is 10.4 Å². The molecule has 2 atom stereocenters. The molecule has 2 aliphatic rings. The summed E-state index contributed by atoms with van der Waals surface area (Å²) in [7, 11) is 0. The van der Waals surface area contributed by atoms with Crippen molar-refractivity contribution in [2.75, 3.05) is 37.8 Å². The standard InChI is InChI=1S/C33H53BrN4O2/c1-7-11-13-14-15-18-33(6,17-12-8-2)24-40-32-36-28-23-27(34)30(35-25(5)9-3)26(10-4)29(28)31(37-32)38-19-16-21-39-22-20-38/h10,23,25H,7-9,11-22,24H2,1-6H3/b26-10-,35-30?. The van der Waals surface area contributed by atoms with Crippen LogP contribution in [0.1, 0.15) is 123 Å². The molecule has 1 fully saturated rings. The van der Waals surface area contributed by atoms with E-state index in [9.17, 15) is 0 Å². The second kappa shape index (κ2) is 16.6. The van der Waals surface area contributed by atoms with E-state index in [-0.39, 0.29) is 11.5 Å². The molecule has 0 N–H and O–H groups in total. The molecule has 0 radical (unpaired) electrons. The van der Waals surface area contributed by atoms with E-state index in [0.717, 1.165) is 65.4 Å². The molecule has 7 heteroatoms. The number of hydrogen-bond donors (Lipinski definition) is 0. The summed E-state index contributed by atoms with van der Waals surface area (Å²) in [6.07, 6.45) is 17.5. The van der Waals surface area contributed by atoms with Crippen LogP contribution in [0.15, 0.2) is 15.6 Å². The molecule has 1 aliphatic carbocycles. The van der Waals surface area contributed by atoms with E-state index in [4.69, 9.17) is 24.4 Å². The Balaban J connectivity index is 1.96. The second-order valence-electron chi connectivity index (χ2n) is 11.8. The fourth-order valence-corrected chi connectivity index (χ4v) is 6.02. The summed E-state index contributed by atoms with van der Waals surface area (Å²) < 4.78 is 13.3. The van der Waals surface area contributed by atoms with Gasteiger partial charge in [-0.05, 0) is 61.5 Å². The van der Waals surface area contributed by atoms with E-state index in [1.165, 1.54) is 57.8 Å². The van der Waals surface area contributed by atoms with Crippen LogP contribution < -0.4 is 9.64 Å². The van der Waals surface area contributed by atoms with Crippen LogP contribution in [-0.4, -0.2) is 54.6 Å². The SMILES string of the molecule is C/C=C1\C(=NC(C)CC)C(Br)=Cc2nc(OCC(C)(CCCC)CCCCCCC)nc(N3CCCOCC3)c21. The molecular formula is C33H53BrN4O2. The molecule has 1 saturated heterocycles. The van der Waals surface area contributed by atoms with E-state index in [0.29, 0.717) is 19.2 Å². The van der Waals surface area contributed by atoms with Gasteiger partial charge in [0, 0.05) is 41.2 Å². The van der Waals surface area contributed by atoms with Crippen LogP contribution in [0.3, 0.4) is 0 Å². The maximum absolute atomic E-state index is 6.51. The average molecular weight is 618 g/mol. The minimum Gasteiger partial charge on any atom is -0.463 e. The molecule has 1 aromatic heterocycles. The van der Waals surface area contributed by atoms with Gasteiger partial charge in [0.1, 0.15) is 5.82 Å². The van der Waals surface area contributed by atoms with Crippen molar-refractivity contribution in [2.45, 2.75) is 118 Å². The Morgan fingerprint density at radius 3 is 2.55 bits per heavy atom. The van der Waals surface area contributed by atoms with Gasteiger partial charge in [0.25, 0.3) is 0 Å². The van der Waals surface area contributed by atoms with E-state index in [1.54, 1.807) is 0 Å². The van der Waals surface area contributed by atoms with Crippen molar-refractivity contribution in [3.8, 4) is 6.01 Å². The van der Waals surface area contributed by atoms with Crippen LogP contribution in [0.5, 0.6) is 6.01 Å². The first-order chi connectivity index (χ1) is 19.4. The largest absolute Gasteiger partial charge is 0.463 e. The Kier molecular flexibility index (Phi) is 13.6. The van der Waals surface area contributed by atoms with E-state index >= 15 is 0 Å². The van der Waals surface area contributed by atoms with Crippen molar-refractivity contribution < 1.29 is 9.47 Å². The van der Waals surface area contributed by atoms with Gasteiger partial charge < -0.3 is 14.4 Å². The molecule has 2 heterocycles. The summed E-state index contributed by atoms with van der Waals surface area (Å²) in [5, 5.41) is 0. The molecule has 224 valence electrons. The summed E-state index contributed by atoms with van der Waals surface area (Å²) in [4.78, 5) is 17.5. The third-order valence-corrected chi connectivity index (χ3v) is 8.83. The third-order valence-electron chi connectivity index (χ3n) is 8.23. The minimum atomic E-state index is 0.124. The zero-order chi connectivity index (χ0) is 29.0. The number of rotatable bonds is 15. The van der Waals surface area contributed by atoms with Gasteiger partial charge in [-0.2, -0.15) is 9.97 Å². The lowest BCUT2D eigenvalue weighted by molar-refractivity contribution is 0.125. The van der Waals surface area contributed by atoms with E-state index in [2.05, 4.69) is 74.5 Å². The number of ether oxygens (including phenoxy) is 2. The monoisotopic (exact) mass is 616 g/mol. The van der Waals surface area contributed by atoms with Crippen LogP contribution in [0.25, 0.3) is 11.6 Å². The fourth-order valence-electron chi connectivity index (χ4n) is 5.49. The number of nitrogens with zero attached hydrogens (tertiary/aromatic N) is 4. The highest BCUT2D eigenvalue weighted by atomic mass is 79.9. The predicted octanol–water partition coefficient (Wildman–Crippen LogP) is 9.03. The number of aliphatic imine (C=N–C) groups is 1. The summed E-state index contributed by atoms with van der Waals surface area (Å²) in [5.41, 5.74) is 4.12. The normalized spacial score (nSPS) is 20.2. The average Bonchev–Trinajstić information content (AvgIpc) is 3.24. The number of halogens is 1.